The van der Waals surface area contributed by atoms with Crippen molar-refractivity contribution in [2.45, 2.75) is 38.6 Å². The number of rotatable bonds is 3. The first kappa shape index (κ1) is 13.7. The highest BCUT2D eigenvalue weighted by Crippen LogP contribution is 2.34. The maximum atomic E-state index is 11.7. The van der Waals surface area contributed by atoms with Gasteiger partial charge in [0.1, 0.15) is 11.6 Å². The average Bonchev–Trinajstić information content (AvgIpc) is 2.80. The predicted molar refractivity (Wildman–Crippen MR) is 84.5 cm³/mol. The van der Waals surface area contributed by atoms with Gasteiger partial charge in [-0.15, -0.1) is 0 Å². The molecule has 5 heteroatoms. The van der Waals surface area contributed by atoms with Crippen molar-refractivity contribution in [3.63, 3.8) is 0 Å². The highest BCUT2D eigenvalue weighted by atomic mass is 16.1. The van der Waals surface area contributed by atoms with E-state index < -0.39 is 0 Å². The van der Waals surface area contributed by atoms with Gasteiger partial charge in [-0.2, -0.15) is 0 Å². The molecule has 1 heterocycles. The molecule has 1 atom stereocenters. The van der Waals surface area contributed by atoms with Crippen LogP contribution >= 0.6 is 0 Å². The number of benzene rings is 1. The van der Waals surface area contributed by atoms with E-state index in [1.807, 2.05) is 26.0 Å². The number of nitrogens with one attached hydrogen (secondary N) is 2. The standard InChI is InChI=1S/C16H20N4O/c1-9(2)16-19-14(8-15(21)20-16)18-13-6-3-10-7-11(17)4-5-12(10)13/h4-5,7-9,13H,3,6,17H2,1-2H3,(H2,18,19,20,21). The molecule has 2 aromatic rings. The number of aromatic amines is 1. The largest absolute Gasteiger partial charge is 0.399 e. The van der Waals surface area contributed by atoms with Crippen LogP contribution in [-0.2, 0) is 6.42 Å². The minimum atomic E-state index is -0.119. The lowest BCUT2D eigenvalue weighted by molar-refractivity contribution is 0.736. The Morgan fingerprint density at radius 3 is 2.95 bits per heavy atom. The van der Waals surface area contributed by atoms with Crippen molar-refractivity contribution in [2.24, 2.45) is 0 Å². The molecule has 0 spiro atoms. The van der Waals surface area contributed by atoms with Crippen molar-refractivity contribution in [2.75, 3.05) is 11.1 Å². The van der Waals surface area contributed by atoms with Crippen LogP contribution in [0.5, 0.6) is 0 Å². The molecule has 0 fully saturated rings. The first-order valence-corrected chi connectivity index (χ1v) is 7.29. The van der Waals surface area contributed by atoms with Crippen LogP contribution in [-0.4, -0.2) is 9.97 Å². The van der Waals surface area contributed by atoms with Gasteiger partial charge in [0.15, 0.2) is 0 Å². The Morgan fingerprint density at radius 2 is 2.19 bits per heavy atom. The summed E-state index contributed by atoms with van der Waals surface area (Å²) in [7, 11) is 0. The Kier molecular flexibility index (Phi) is 3.41. The van der Waals surface area contributed by atoms with Crippen LogP contribution in [0.4, 0.5) is 11.5 Å². The van der Waals surface area contributed by atoms with Crippen LogP contribution in [0.25, 0.3) is 0 Å². The summed E-state index contributed by atoms with van der Waals surface area (Å²) >= 11 is 0. The van der Waals surface area contributed by atoms with Gasteiger partial charge in [-0.3, -0.25) is 4.79 Å². The molecule has 0 radical (unpaired) electrons. The molecule has 0 saturated heterocycles. The van der Waals surface area contributed by atoms with Crippen molar-refractivity contribution in [1.29, 1.82) is 0 Å². The van der Waals surface area contributed by atoms with E-state index in [1.54, 1.807) is 0 Å². The normalized spacial score (nSPS) is 17.0. The molecule has 0 saturated carbocycles. The van der Waals surface area contributed by atoms with Gasteiger partial charge in [0, 0.05) is 17.7 Å². The van der Waals surface area contributed by atoms with Gasteiger partial charge >= 0.3 is 0 Å². The van der Waals surface area contributed by atoms with Gasteiger partial charge < -0.3 is 16.0 Å². The predicted octanol–water partition coefficient (Wildman–Crippen LogP) is 2.57. The average molecular weight is 284 g/mol. The molecule has 4 N–H and O–H groups in total. The van der Waals surface area contributed by atoms with Crippen LogP contribution in [0.2, 0.25) is 0 Å². The molecule has 1 aromatic carbocycles. The summed E-state index contributed by atoms with van der Waals surface area (Å²) < 4.78 is 0. The second-order valence-electron chi connectivity index (χ2n) is 5.86. The first-order chi connectivity index (χ1) is 10.0. The highest BCUT2D eigenvalue weighted by Gasteiger charge is 2.23. The van der Waals surface area contributed by atoms with E-state index in [0.717, 1.165) is 18.5 Å². The van der Waals surface area contributed by atoms with Gasteiger partial charge in [0.05, 0.1) is 6.04 Å². The van der Waals surface area contributed by atoms with Crippen molar-refractivity contribution < 1.29 is 0 Å². The maximum Gasteiger partial charge on any atom is 0.252 e. The molecule has 21 heavy (non-hydrogen) atoms. The van der Waals surface area contributed by atoms with Crippen LogP contribution < -0.4 is 16.6 Å². The Labute approximate surface area is 123 Å². The van der Waals surface area contributed by atoms with E-state index in [0.29, 0.717) is 11.6 Å². The Hall–Kier alpha value is -2.30. The third-order valence-electron chi connectivity index (χ3n) is 3.87. The minimum absolute atomic E-state index is 0.119. The zero-order valence-corrected chi connectivity index (χ0v) is 12.3. The second kappa shape index (κ2) is 5.24. The zero-order valence-electron chi connectivity index (χ0n) is 12.3. The smallest absolute Gasteiger partial charge is 0.252 e. The molecular formula is C16H20N4O. The number of hydrogen-bond donors (Lipinski definition) is 3. The van der Waals surface area contributed by atoms with Gasteiger partial charge in [-0.05, 0) is 36.1 Å². The van der Waals surface area contributed by atoms with E-state index >= 15 is 0 Å². The number of nitrogen functional groups attached to an aromatic ring is 1. The van der Waals surface area contributed by atoms with Gasteiger partial charge in [0.25, 0.3) is 5.56 Å². The number of H-pyrrole nitrogens is 1. The summed E-state index contributed by atoms with van der Waals surface area (Å²) in [6.07, 6.45) is 1.99. The fraction of sp³-hybridized carbons (Fsp3) is 0.375. The van der Waals surface area contributed by atoms with Crippen molar-refractivity contribution in [1.82, 2.24) is 9.97 Å². The van der Waals surface area contributed by atoms with Crippen LogP contribution in [0.3, 0.4) is 0 Å². The fourth-order valence-corrected chi connectivity index (χ4v) is 2.79. The minimum Gasteiger partial charge on any atom is -0.399 e. The van der Waals surface area contributed by atoms with Crippen LogP contribution in [0, 0.1) is 0 Å². The summed E-state index contributed by atoms with van der Waals surface area (Å²) in [5.41, 5.74) is 9.03. The topological polar surface area (TPSA) is 83.8 Å². The lowest BCUT2D eigenvalue weighted by Crippen LogP contribution is -2.16. The highest BCUT2D eigenvalue weighted by molar-refractivity contribution is 5.50. The molecule has 110 valence electrons. The summed E-state index contributed by atoms with van der Waals surface area (Å²) in [4.78, 5) is 19.0. The monoisotopic (exact) mass is 284 g/mol. The van der Waals surface area contributed by atoms with Gasteiger partial charge in [0.2, 0.25) is 0 Å². The Balaban J connectivity index is 1.88. The second-order valence-corrected chi connectivity index (χ2v) is 5.86. The number of nitrogens with zero attached hydrogens (tertiary/aromatic N) is 1. The van der Waals surface area contributed by atoms with E-state index in [-0.39, 0.29) is 17.5 Å². The van der Waals surface area contributed by atoms with E-state index in [2.05, 4.69) is 21.4 Å². The molecule has 3 rings (SSSR count). The third kappa shape index (κ3) is 2.77. The summed E-state index contributed by atoms with van der Waals surface area (Å²) in [6.45, 7) is 4.02. The zero-order chi connectivity index (χ0) is 15.0. The van der Waals surface area contributed by atoms with E-state index in [1.165, 1.54) is 17.2 Å². The van der Waals surface area contributed by atoms with Gasteiger partial charge in [-0.25, -0.2) is 4.98 Å². The lowest BCUT2D eigenvalue weighted by atomic mass is 10.1. The van der Waals surface area contributed by atoms with Crippen LogP contribution in [0.1, 0.15) is 49.2 Å². The molecule has 0 bridgehead atoms. The molecule has 0 amide bonds. The molecule has 1 aliphatic rings. The number of anilines is 2. The maximum absolute atomic E-state index is 11.7. The third-order valence-corrected chi connectivity index (χ3v) is 3.87. The van der Waals surface area contributed by atoms with E-state index in [9.17, 15) is 4.79 Å². The van der Waals surface area contributed by atoms with E-state index in [4.69, 9.17) is 5.73 Å². The fourth-order valence-electron chi connectivity index (χ4n) is 2.79. The molecular weight excluding hydrogens is 264 g/mol. The van der Waals surface area contributed by atoms with Crippen molar-refractivity contribution in [3.05, 3.63) is 51.6 Å². The number of hydrogen-bond acceptors (Lipinski definition) is 4. The Morgan fingerprint density at radius 1 is 1.38 bits per heavy atom. The molecule has 5 nitrogen and oxygen atoms in total. The first-order valence-electron chi connectivity index (χ1n) is 7.29. The van der Waals surface area contributed by atoms with Crippen molar-refractivity contribution >= 4 is 11.5 Å². The Bertz CT molecular complexity index is 720. The molecule has 0 aliphatic heterocycles. The molecule has 1 unspecified atom stereocenters. The summed E-state index contributed by atoms with van der Waals surface area (Å²) in [5.74, 6) is 1.53. The number of nitrogens with two attached hydrogens (primary N) is 1. The number of aromatic nitrogens is 2. The molecule has 1 aromatic heterocycles. The lowest BCUT2D eigenvalue weighted by Gasteiger charge is -2.16. The quantitative estimate of drug-likeness (QED) is 0.756. The number of aryl methyl sites for hydroxylation is 1. The summed E-state index contributed by atoms with van der Waals surface area (Å²) in [5, 5.41) is 3.38. The number of fused-ring (bicyclic) bond motifs is 1. The van der Waals surface area contributed by atoms with Crippen molar-refractivity contribution in [3.8, 4) is 0 Å². The van der Waals surface area contributed by atoms with Gasteiger partial charge in [-0.1, -0.05) is 19.9 Å². The SMILES string of the molecule is CC(C)c1nc(NC2CCc3cc(N)ccc32)cc(=O)[nH]1. The summed E-state index contributed by atoms with van der Waals surface area (Å²) in [6, 6.07) is 7.72. The molecule has 1 aliphatic carbocycles. The van der Waals surface area contributed by atoms with Crippen LogP contribution in [0.15, 0.2) is 29.1 Å².